The Morgan fingerprint density at radius 3 is 2.44 bits per heavy atom. The maximum Gasteiger partial charge on any atom is 0.270 e. The number of halogens is 2. The van der Waals surface area contributed by atoms with Crippen LogP contribution in [0.25, 0.3) is 0 Å². The third-order valence-corrected chi connectivity index (χ3v) is 4.05. The van der Waals surface area contributed by atoms with E-state index < -0.39 is 28.6 Å². The molecule has 0 aromatic heterocycles. The maximum atomic E-state index is 13.3. The smallest absolute Gasteiger partial charge is 0.270 e. The highest BCUT2D eigenvalue weighted by Gasteiger charge is 2.26. The van der Waals surface area contributed by atoms with Crippen LogP contribution in [0.15, 0.2) is 42.5 Å². The fourth-order valence-corrected chi connectivity index (χ4v) is 2.60. The minimum atomic E-state index is -0.924. The average Bonchev–Trinajstić information content (AvgIpc) is 2.58. The van der Waals surface area contributed by atoms with Crippen LogP contribution in [-0.2, 0) is 4.79 Å². The van der Waals surface area contributed by atoms with Crippen molar-refractivity contribution >= 4 is 34.8 Å². The molecule has 0 spiro atoms. The van der Waals surface area contributed by atoms with Crippen molar-refractivity contribution in [1.29, 1.82) is 0 Å². The number of rotatable bonds is 6. The number of anilines is 1. The summed E-state index contributed by atoms with van der Waals surface area (Å²) in [5.74, 6) is -1.96. The predicted octanol–water partition coefficient (Wildman–Crippen LogP) is 3.78. The number of benzene rings is 2. The number of carbonyl (C=O) groups excluding carboxylic acids is 2. The van der Waals surface area contributed by atoms with Gasteiger partial charge in [0.2, 0.25) is 5.91 Å². The number of non-ortho nitro benzene ring substituents is 1. The molecule has 9 heteroatoms. The standard InChI is InChI=1S/C18H17ClFN3O4/c1-10(2)16(18(25)21-12-5-3-4-11(20)8-12)22-17(24)14-7-6-13(23(26)27)9-15(14)19/h3-10,16H,1-2H3,(H,21,25)(H,22,24). The molecule has 0 aliphatic heterocycles. The topological polar surface area (TPSA) is 101 Å². The summed E-state index contributed by atoms with van der Waals surface area (Å²) < 4.78 is 13.3. The molecule has 0 saturated carbocycles. The molecule has 2 N–H and O–H groups in total. The van der Waals surface area contributed by atoms with Crippen molar-refractivity contribution in [1.82, 2.24) is 5.32 Å². The van der Waals surface area contributed by atoms with Gasteiger partial charge in [-0.3, -0.25) is 19.7 Å². The van der Waals surface area contributed by atoms with E-state index in [0.29, 0.717) is 0 Å². The van der Waals surface area contributed by atoms with Crippen molar-refractivity contribution in [2.24, 2.45) is 5.92 Å². The summed E-state index contributed by atoms with van der Waals surface area (Å²) in [5, 5.41) is 15.8. The second-order valence-electron chi connectivity index (χ2n) is 6.12. The van der Waals surface area contributed by atoms with Crippen LogP contribution in [0.4, 0.5) is 15.8 Å². The van der Waals surface area contributed by atoms with Crippen molar-refractivity contribution in [3.8, 4) is 0 Å². The molecule has 2 amide bonds. The van der Waals surface area contributed by atoms with Crippen LogP contribution in [0.1, 0.15) is 24.2 Å². The van der Waals surface area contributed by atoms with Gasteiger partial charge in [0.05, 0.1) is 15.5 Å². The fourth-order valence-electron chi connectivity index (χ4n) is 2.34. The summed E-state index contributed by atoms with van der Waals surface area (Å²) in [7, 11) is 0. The van der Waals surface area contributed by atoms with Gasteiger partial charge < -0.3 is 10.6 Å². The zero-order chi connectivity index (χ0) is 20.1. The van der Waals surface area contributed by atoms with Crippen LogP contribution >= 0.6 is 11.6 Å². The highest BCUT2D eigenvalue weighted by Crippen LogP contribution is 2.23. The van der Waals surface area contributed by atoms with Gasteiger partial charge in [-0.1, -0.05) is 31.5 Å². The number of carbonyl (C=O) groups is 2. The van der Waals surface area contributed by atoms with E-state index in [1.165, 1.54) is 24.3 Å². The monoisotopic (exact) mass is 393 g/mol. The Bertz CT molecular complexity index is 889. The first-order valence-corrected chi connectivity index (χ1v) is 8.38. The van der Waals surface area contributed by atoms with Gasteiger partial charge in [0.25, 0.3) is 11.6 Å². The molecule has 2 rings (SSSR count). The van der Waals surface area contributed by atoms with Gasteiger partial charge in [0, 0.05) is 17.8 Å². The SMILES string of the molecule is CC(C)C(NC(=O)c1ccc([N+](=O)[O-])cc1Cl)C(=O)Nc1cccc(F)c1. The first-order valence-electron chi connectivity index (χ1n) is 8.00. The summed E-state index contributed by atoms with van der Waals surface area (Å²) in [6.45, 7) is 3.46. The number of nitro benzene ring substituents is 1. The number of hydrogen-bond acceptors (Lipinski definition) is 4. The minimum Gasteiger partial charge on any atom is -0.340 e. The first kappa shape index (κ1) is 20.3. The molecule has 0 aliphatic rings. The molecule has 27 heavy (non-hydrogen) atoms. The summed E-state index contributed by atoms with van der Waals surface area (Å²) in [6.07, 6.45) is 0. The summed E-state index contributed by atoms with van der Waals surface area (Å²) in [5.41, 5.74) is 0.0144. The third-order valence-electron chi connectivity index (χ3n) is 3.74. The summed E-state index contributed by atoms with van der Waals surface area (Å²) in [6, 6.07) is 7.88. The van der Waals surface area contributed by atoms with Crippen molar-refractivity contribution in [2.75, 3.05) is 5.32 Å². The fraction of sp³-hybridized carbons (Fsp3) is 0.222. The molecule has 0 saturated heterocycles. The minimum absolute atomic E-state index is 0.00599. The van der Waals surface area contributed by atoms with Crippen LogP contribution < -0.4 is 10.6 Å². The van der Waals surface area contributed by atoms with E-state index in [1.807, 2.05) is 0 Å². The molecule has 1 unspecified atom stereocenters. The number of nitro groups is 1. The molecular weight excluding hydrogens is 377 g/mol. The Balaban J connectivity index is 2.16. The van der Waals surface area contributed by atoms with Crippen molar-refractivity contribution in [3.05, 3.63) is 69.0 Å². The average molecular weight is 394 g/mol. The Morgan fingerprint density at radius 2 is 1.89 bits per heavy atom. The molecule has 0 fully saturated rings. The van der Waals surface area contributed by atoms with E-state index in [9.17, 15) is 24.1 Å². The van der Waals surface area contributed by atoms with Crippen LogP contribution in [0.2, 0.25) is 5.02 Å². The number of amides is 2. The zero-order valence-corrected chi connectivity index (χ0v) is 15.3. The highest BCUT2D eigenvalue weighted by molar-refractivity contribution is 6.34. The van der Waals surface area contributed by atoms with Gasteiger partial charge in [-0.15, -0.1) is 0 Å². The molecule has 0 aliphatic carbocycles. The van der Waals surface area contributed by atoms with Crippen LogP contribution in [0.5, 0.6) is 0 Å². The number of nitrogens with one attached hydrogen (secondary N) is 2. The molecule has 2 aromatic rings. The van der Waals surface area contributed by atoms with Gasteiger partial charge in [-0.25, -0.2) is 4.39 Å². The van der Waals surface area contributed by atoms with E-state index in [4.69, 9.17) is 11.6 Å². The third kappa shape index (κ3) is 5.24. The van der Waals surface area contributed by atoms with Gasteiger partial charge in [-0.05, 0) is 30.2 Å². The second-order valence-corrected chi connectivity index (χ2v) is 6.52. The molecule has 0 bridgehead atoms. The normalized spacial score (nSPS) is 11.7. The van der Waals surface area contributed by atoms with Crippen LogP contribution in [0.3, 0.4) is 0 Å². The highest BCUT2D eigenvalue weighted by atomic mass is 35.5. The van der Waals surface area contributed by atoms with E-state index in [-0.39, 0.29) is 27.9 Å². The first-order chi connectivity index (χ1) is 12.7. The van der Waals surface area contributed by atoms with Gasteiger partial charge in [0.1, 0.15) is 11.9 Å². The van der Waals surface area contributed by atoms with E-state index in [0.717, 1.165) is 18.2 Å². The molecule has 7 nitrogen and oxygen atoms in total. The molecule has 0 heterocycles. The van der Waals surface area contributed by atoms with Crippen molar-refractivity contribution < 1.29 is 18.9 Å². The van der Waals surface area contributed by atoms with Gasteiger partial charge >= 0.3 is 0 Å². The Morgan fingerprint density at radius 1 is 1.19 bits per heavy atom. The lowest BCUT2D eigenvalue weighted by atomic mass is 10.0. The van der Waals surface area contributed by atoms with Gasteiger partial charge in [0.15, 0.2) is 0 Å². The van der Waals surface area contributed by atoms with E-state index in [1.54, 1.807) is 13.8 Å². The quantitative estimate of drug-likeness (QED) is 0.576. The number of hydrogen-bond donors (Lipinski definition) is 2. The predicted molar refractivity (Wildman–Crippen MR) is 99.2 cm³/mol. The zero-order valence-electron chi connectivity index (χ0n) is 14.5. The molecule has 1 atom stereocenters. The Kier molecular flexibility index (Phi) is 6.46. The van der Waals surface area contributed by atoms with Crippen LogP contribution in [-0.4, -0.2) is 22.8 Å². The lowest BCUT2D eigenvalue weighted by Gasteiger charge is -2.22. The van der Waals surface area contributed by atoms with Crippen LogP contribution in [0, 0.1) is 21.8 Å². The molecule has 2 aromatic carbocycles. The largest absolute Gasteiger partial charge is 0.340 e. The maximum absolute atomic E-state index is 13.3. The Labute approximate surface area is 159 Å². The molecular formula is C18H17ClFN3O4. The summed E-state index contributed by atoms with van der Waals surface area (Å²) in [4.78, 5) is 35.1. The van der Waals surface area contributed by atoms with Gasteiger partial charge in [-0.2, -0.15) is 0 Å². The Hall–Kier alpha value is -3.00. The van der Waals surface area contributed by atoms with Crippen molar-refractivity contribution in [3.63, 3.8) is 0 Å². The molecule has 0 radical (unpaired) electrons. The summed E-state index contributed by atoms with van der Waals surface area (Å²) >= 11 is 5.95. The second kappa shape index (κ2) is 8.59. The van der Waals surface area contributed by atoms with E-state index in [2.05, 4.69) is 10.6 Å². The lowest BCUT2D eigenvalue weighted by molar-refractivity contribution is -0.384. The molecule has 142 valence electrons. The lowest BCUT2D eigenvalue weighted by Crippen LogP contribution is -2.47. The number of nitrogens with zero attached hydrogens (tertiary/aromatic N) is 1. The van der Waals surface area contributed by atoms with E-state index >= 15 is 0 Å². The van der Waals surface area contributed by atoms with Crippen molar-refractivity contribution in [2.45, 2.75) is 19.9 Å².